The van der Waals surface area contributed by atoms with Crippen LogP contribution in [0.2, 0.25) is 0 Å². The van der Waals surface area contributed by atoms with E-state index in [9.17, 15) is 9.59 Å². The zero-order chi connectivity index (χ0) is 16.5. The second kappa shape index (κ2) is 6.09. The summed E-state index contributed by atoms with van der Waals surface area (Å²) >= 11 is 1.41. The van der Waals surface area contributed by atoms with Crippen molar-refractivity contribution >= 4 is 17.2 Å². The maximum atomic E-state index is 12.8. The molecular formula is C17H16N3O3S+. The standard InChI is InChI=1S/C17H15N3O3S/c21-16(15-7-4-10-24-15)19(12-8-9-12)11-14-17(22)23-18-20(14)13-5-2-1-3-6-13/h1-7,10,12H,8-9,11H2/p+1. The van der Waals surface area contributed by atoms with Gasteiger partial charge >= 0.3 is 11.3 Å². The number of nitrogens with zero attached hydrogens (tertiary/aromatic N) is 2. The Morgan fingerprint density at radius 2 is 2.04 bits per heavy atom. The normalized spacial score (nSPS) is 13.8. The van der Waals surface area contributed by atoms with Gasteiger partial charge in [0.15, 0.2) is 0 Å². The van der Waals surface area contributed by atoms with Crippen LogP contribution in [0.1, 0.15) is 28.2 Å². The van der Waals surface area contributed by atoms with Gasteiger partial charge in [0.25, 0.3) is 5.91 Å². The second-order valence-corrected chi connectivity index (χ2v) is 6.69. The summed E-state index contributed by atoms with van der Waals surface area (Å²) in [5.41, 5.74) is 0.749. The summed E-state index contributed by atoms with van der Waals surface area (Å²) in [5, 5.41) is 4.50. The van der Waals surface area contributed by atoms with Crippen molar-refractivity contribution in [3.8, 4) is 5.69 Å². The minimum Gasteiger partial charge on any atom is -0.324 e. The van der Waals surface area contributed by atoms with Crippen LogP contribution in [0, 0.1) is 0 Å². The number of rotatable bonds is 5. The first-order chi connectivity index (χ1) is 11.7. The molecule has 0 unspecified atom stereocenters. The number of nitrogens with one attached hydrogen (secondary N) is 1. The van der Waals surface area contributed by atoms with Crippen LogP contribution in [0.5, 0.6) is 0 Å². The summed E-state index contributed by atoms with van der Waals surface area (Å²) in [6.45, 7) is 0.224. The Hall–Kier alpha value is -2.67. The van der Waals surface area contributed by atoms with Crippen molar-refractivity contribution in [3.63, 3.8) is 0 Å². The van der Waals surface area contributed by atoms with Gasteiger partial charge in [-0.25, -0.2) is 4.79 Å². The van der Waals surface area contributed by atoms with Crippen LogP contribution in [0.3, 0.4) is 0 Å². The number of thiophene rings is 1. The number of para-hydroxylation sites is 1. The van der Waals surface area contributed by atoms with Gasteiger partial charge in [-0.3, -0.25) is 9.32 Å². The third-order valence-electron chi connectivity index (χ3n) is 4.05. The van der Waals surface area contributed by atoms with Gasteiger partial charge in [-0.05, 0) is 34.2 Å². The molecule has 1 amide bonds. The van der Waals surface area contributed by atoms with Crippen LogP contribution in [-0.2, 0) is 6.54 Å². The maximum Gasteiger partial charge on any atom is 0.432 e. The molecule has 24 heavy (non-hydrogen) atoms. The van der Waals surface area contributed by atoms with E-state index in [0.717, 1.165) is 18.5 Å². The number of carbonyl (C=O) groups excluding carboxylic acids is 1. The SMILES string of the molecule is O=C(c1cccs1)N(Cc1c(=O)o[nH][n+]1-c1ccccc1)C1CC1. The van der Waals surface area contributed by atoms with E-state index in [0.29, 0.717) is 10.6 Å². The molecule has 0 bridgehead atoms. The van der Waals surface area contributed by atoms with Crippen LogP contribution in [0.15, 0.2) is 57.2 Å². The molecule has 122 valence electrons. The average Bonchev–Trinajstić information content (AvgIpc) is 3.17. The minimum absolute atomic E-state index is 0.0345. The van der Waals surface area contributed by atoms with Crippen molar-refractivity contribution in [2.75, 3.05) is 0 Å². The van der Waals surface area contributed by atoms with Gasteiger partial charge in [-0.15, -0.1) is 11.3 Å². The highest BCUT2D eigenvalue weighted by Gasteiger charge is 2.37. The highest BCUT2D eigenvalue weighted by Crippen LogP contribution is 2.30. The predicted octanol–water partition coefficient (Wildman–Crippen LogP) is 2.11. The molecule has 1 saturated carbocycles. The smallest absolute Gasteiger partial charge is 0.324 e. The molecule has 3 aromatic rings. The Labute approximate surface area is 141 Å². The fourth-order valence-electron chi connectivity index (χ4n) is 2.67. The van der Waals surface area contributed by atoms with E-state index in [-0.39, 0.29) is 18.5 Å². The topological polar surface area (TPSA) is 70.2 Å². The van der Waals surface area contributed by atoms with E-state index in [4.69, 9.17) is 4.52 Å². The minimum atomic E-state index is -0.455. The van der Waals surface area contributed by atoms with Gasteiger partial charge in [-0.2, -0.15) is 0 Å². The molecule has 1 aliphatic rings. The summed E-state index contributed by atoms with van der Waals surface area (Å²) in [4.78, 5) is 27.4. The lowest BCUT2D eigenvalue weighted by molar-refractivity contribution is -0.678. The van der Waals surface area contributed by atoms with E-state index in [2.05, 4.69) is 5.27 Å². The molecular weight excluding hydrogens is 326 g/mol. The fourth-order valence-corrected chi connectivity index (χ4v) is 3.35. The summed E-state index contributed by atoms with van der Waals surface area (Å²) < 4.78 is 6.57. The Bertz CT molecular complexity index is 895. The number of hydrogen-bond acceptors (Lipinski definition) is 4. The predicted molar refractivity (Wildman–Crippen MR) is 88.1 cm³/mol. The number of benzene rings is 1. The fraction of sp³-hybridized carbons (Fsp3) is 0.235. The third kappa shape index (κ3) is 2.78. The van der Waals surface area contributed by atoms with Crippen LogP contribution < -0.4 is 10.3 Å². The van der Waals surface area contributed by atoms with E-state index in [1.807, 2.05) is 47.8 Å². The summed E-state index contributed by atoms with van der Waals surface area (Å²) in [7, 11) is 0. The zero-order valence-electron chi connectivity index (χ0n) is 12.8. The monoisotopic (exact) mass is 342 g/mol. The highest BCUT2D eigenvalue weighted by molar-refractivity contribution is 7.12. The van der Waals surface area contributed by atoms with Crippen molar-refractivity contribution in [1.29, 1.82) is 0 Å². The zero-order valence-corrected chi connectivity index (χ0v) is 13.7. The molecule has 1 fully saturated rings. The van der Waals surface area contributed by atoms with Crippen LogP contribution >= 0.6 is 11.3 Å². The first kappa shape index (κ1) is 14.9. The van der Waals surface area contributed by atoms with Gasteiger partial charge in [0.05, 0.1) is 4.88 Å². The van der Waals surface area contributed by atoms with Gasteiger partial charge in [0.1, 0.15) is 6.54 Å². The van der Waals surface area contributed by atoms with E-state index < -0.39 is 5.63 Å². The largest absolute Gasteiger partial charge is 0.432 e. The highest BCUT2D eigenvalue weighted by atomic mass is 32.1. The molecule has 2 aromatic heterocycles. The average molecular weight is 342 g/mol. The molecule has 7 heteroatoms. The molecule has 0 radical (unpaired) electrons. The summed E-state index contributed by atoms with van der Waals surface area (Å²) in [6, 6.07) is 13.3. The Kier molecular flexibility index (Phi) is 3.78. The Morgan fingerprint density at radius 3 is 2.71 bits per heavy atom. The lowest BCUT2D eigenvalue weighted by atomic mass is 10.3. The van der Waals surface area contributed by atoms with Crippen molar-refractivity contribution in [2.45, 2.75) is 25.4 Å². The number of H-pyrrole nitrogens is 1. The quantitative estimate of drug-likeness (QED) is 0.722. The number of hydrogen-bond donors (Lipinski definition) is 1. The molecule has 1 aromatic carbocycles. The van der Waals surface area contributed by atoms with Crippen molar-refractivity contribution in [1.82, 2.24) is 10.2 Å². The van der Waals surface area contributed by atoms with E-state index in [1.165, 1.54) is 11.3 Å². The molecule has 0 atom stereocenters. The van der Waals surface area contributed by atoms with Crippen LogP contribution in [0.25, 0.3) is 5.69 Å². The second-order valence-electron chi connectivity index (χ2n) is 5.74. The molecule has 1 N–H and O–H groups in total. The first-order valence-electron chi connectivity index (χ1n) is 7.76. The molecule has 1 aliphatic carbocycles. The van der Waals surface area contributed by atoms with Crippen LogP contribution in [-0.4, -0.2) is 22.1 Å². The summed E-state index contributed by atoms with van der Waals surface area (Å²) in [6.07, 6.45) is 1.94. The Balaban J connectivity index is 1.68. The summed E-state index contributed by atoms with van der Waals surface area (Å²) in [5.74, 6) is -0.0345. The van der Waals surface area contributed by atoms with E-state index in [1.54, 1.807) is 9.58 Å². The van der Waals surface area contributed by atoms with Gasteiger partial charge in [-0.1, -0.05) is 24.3 Å². The molecule has 0 spiro atoms. The van der Waals surface area contributed by atoms with Crippen molar-refractivity contribution in [2.24, 2.45) is 0 Å². The number of amides is 1. The first-order valence-corrected chi connectivity index (χ1v) is 8.64. The van der Waals surface area contributed by atoms with Crippen molar-refractivity contribution < 1.29 is 14.0 Å². The Morgan fingerprint density at radius 1 is 1.25 bits per heavy atom. The molecule has 2 heterocycles. The van der Waals surface area contributed by atoms with Gasteiger partial charge in [0, 0.05) is 18.2 Å². The van der Waals surface area contributed by atoms with Crippen LogP contribution in [0.4, 0.5) is 0 Å². The lowest BCUT2D eigenvalue weighted by Gasteiger charge is -2.18. The van der Waals surface area contributed by atoms with Gasteiger partial charge < -0.3 is 4.90 Å². The number of aromatic nitrogens is 2. The molecule has 0 saturated heterocycles. The number of carbonyl (C=O) groups is 1. The molecule has 6 nitrogen and oxygen atoms in total. The van der Waals surface area contributed by atoms with Crippen molar-refractivity contribution in [3.05, 3.63) is 68.8 Å². The number of aromatic amines is 1. The van der Waals surface area contributed by atoms with Gasteiger partial charge in [0.2, 0.25) is 5.69 Å². The van der Waals surface area contributed by atoms with E-state index >= 15 is 0 Å². The molecule has 0 aliphatic heterocycles. The maximum absolute atomic E-state index is 12.8. The lowest BCUT2D eigenvalue weighted by Crippen LogP contribution is -2.43. The third-order valence-corrected chi connectivity index (χ3v) is 4.91. The molecule has 4 rings (SSSR count).